The Morgan fingerprint density at radius 1 is 1.40 bits per heavy atom. The number of aromatic nitrogens is 1. The molecule has 1 aromatic rings. The van der Waals surface area contributed by atoms with Crippen LogP contribution < -0.4 is 0 Å². The number of amides is 1. The number of hydrogen-bond acceptors (Lipinski definition) is 3. The summed E-state index contributed by atoms with van der Waals surface area (Å²) < 4.78 is 5.41. The molecule has 0 N–H and O–H groups in total. The SMILES string of the molecule is CC(C)(C)OC(=O)N1CCC(Cc2cccnc2)CC1. The molecule has 20 heavy (non-hydrogen) atoms. The molecule has 0 unspecified atom stereocenters. The zero-order chi connectivity index (χ0) is 14.6. The third-order valence-electron chi connectivity index (χ3n) is 3.51. The summed E-state index contributed by atoms with van der Waals surface area (Å²) in [4.78, 5) is 17.9. The van der Waals surface area contributed by atoms with Gasteiger partial charge in [-0.2, -0.15) is 0 Å². The molecule has 0 bridgehead atoms. The fourth-order valence-electron chi connectivity index (χ4n) is 2.50. The van der Waals surface area contributed by atoms with Crippen LogP contribution in [0.2, 0.25) is 0 Å². The van der Waals surface area contributed by atoms with E-state index in [0.717, 1.165) is 32.4 Å². The lowest BCUT2D eigenvalue weighted by Crippen LogP contribution is -2.42. The molecule has 0 spiro atoms. The van der Waals surface area contributed by atoms with Gasteiger partial charge in [-0.25, -0.2) is 4.79 Å². The number of rotatable bonds is 2. The van der Waals surface area contributed by atoms with Crippen molar-refractivity contribution in [2.75, 3.05) is 13.1 Å². The van der Waals surface area contributed by atoms with Crippen molar-refractivity contribution in [2.45, 2.75) is 45.6 Å². The predicted molar refractivity (Wildman–Crippen MR) is 78.5 cm³/mol. The molecule has 0 saturated carbocycles. The second-order valence-corrected chi connectivity index (χ2v) is 6.48. The van der Waals surface area contributed by atoms with E-state index in [9.17, 15) is 4.79 Å². The molecule has 1 aliphatic rings. The summed E-state index contributed by atoms with van der Waals surface area (Å²) in [6.07, 6.45) is 6.67. The summed E-state index contributed by atoms with van der Waals surface area (Å²) in [6.45, 7) is 7.29. The molecule has 0 radical (unpaired) electrons. The number of carbonyl (C=O) groups excluding carboxylic acids is 1. The Morgan fingerprint density at radius 3 is 2.65 bits per heavy atom. The number of hydrogen-bond donors (Lipinski definition) is 0. The van der Waals surface area contributed by atoms with Gasteiger partial charge in [0.25, 0.3) is 0 Å². The molecule has 1 saturated heterocycles. The summed E-state index contributed by atoms with van der Waals surface area (Å²) in [5.41, 5.74) is 0.868. The third-order valence-corrected chi connectivity index (χ3v) is 3.51. The Labute approximate surface area is 121 Å². The fraction of sp³-hybridized carbons (Fsp3) is 0.625. The van der Waals surface area contributed by atoms with Crippen LogP contribution in [0.3, 0.4) is 0 Å². The van der Waals surface area contributed by atoms with E-state index in [1.807, 2.05) is 37.9 Å². The minimum absolute atomic E-state index is 0.183. The van der Waals surface area contributed by atoms with Crippen molar-refractivity contribution >= 4 is 6.09 Å². The van der Waals surface area contributed by atoms with Crippen LogP contribution in [0.25, 0.3) is 0 Å². The van der Waals surface area contributed by atoms with Gasteiger partial charge in [-0.15, -0.1) is 0 Å². The highest BCUT2D eigenvalue weighted by Crippen LogP contribution is 2.22. The van der Waals surface area contributed by atoms with Gasteiger partial charge in [0.1, 0.15) is 5.60 Å². The van der Waals surface area contributed by atoms with Gasteiger partial charge in [-0.05, 0) is 57.6 Å². The van der Waals surface area contributed by atoms with Crippen LogP contribution in [0.5, 0.6) is 0 Å². The number of pyridine rings is 1. The van der Waals surface area contributed by atoms with E-state index in [2.05, 4.69) is 11.1 Å². The Bertz CT molecular complexity index is 432. The van der Waals surface area contributed by atoms with Crippen molar-refractivity contribution in [3.05, 3.63) is 30.1 Å². The highest BCUT2D eigenvalue weighted by atomic mass is 16.6. The van der Waals surface area contributed by atoms with Crippen molar-refractivity contribution in [3.63, 3.8) is 0 Å². The Morgan fingerprint density at radius 2 is 2.10 bits per heavy atom. The van der Waals surface area contributed by atoms with E-state index in [-0.39, 0.29) is 6.09 Å². The van der Waals surface area contributed by atoms with Crippen LogP contribution >= 0.6 is 0 Å². The number of likely N-dealkylation sites (tertiary alicyclic amines) is 1. The van der Waals surface area contributed by atoms with Gasteiger partial charge in [0.2, 0.25) is 0 Å². The smallest absolute Gasteiger partial charge is 0.410 e. The first-order chi connectivity index (χ1) is 9.44. The topological polar surface area (TPSA) is 42.4 Å². The van der Waals surface area contributed by atoms with E-state index in [4.69, 9.17) is 4.74 Å². The first kappa shape index (κ1) is 14.8. The monoisotopic (exact) mass is 276 g/mol. The van der Waals surface area contributed by atoms with E-state index in [1.54, 1.807) is 6.20 Å². The lowest BCUT2D eigenvalue weighted by atomic mass is 9.91. The number of piperidine rings is 1. The molecule has 4 nitrogen and oxygen atoms in total. The van der Waals surface area contributed by atoms with Crippen LogP contribution in [0.15, 0.2) is 24.5 Å². The molecule has 110 valence electrons. The molecule has 2 rings (SSSR count). The maximum atomic E-state index is 12.0. The van der Waals surface area contributed by atoms with Crippen LogP contribution in [-0.2, 0) is 11.2 Å². The first-order valence-corrected chi connectivity index (χ1v) is 7.31. The average Bonchev–Trinajstić information content (AvgIpc) is 2.39. The van der Waals surface area contributed by atoms with Gasteiger partial charge in [0.15, 0.2) is 0 Å². The standard InChI is InChI=1S/C16H24N2O2/c1-16(2,3)20-15(19)18-9-6-13(7-10-18)11-14-5-4-8-17-12-14/h4-5,8,12-13H,6-7,9-11H2,1-3H3. The van der Waals surface area contributed by atoms with Crippen LogP contribution in [0, 0.1) is 5.92 Å². The van der Waals surface area contributed by atoms with Gasteiger partial charge in [-0.1, -0.05) is 6.07 Å². The second kappa shape index (κ2) is 6.25. The zero-order valence-electron chi connectivity index (χ0n) is 12.6. The fourth-order valence-corrected chi connectivity index (χ4v) is 2.50. The van der Waals surface area contributed by atoms with Gasteiger partial charge in [0.05, 0.1) is 0 Å². The largest absolute Gasteiger partial charge is 0.444 e. The summed E-state index contributed by atoms with van der Waals surface area (Å²) in [7, 11) is 0. The molecule has 1 amide bonds. The Kier molecular flexibility index (Phi) is 4.63. The summed E-state index contributed by atoms with van der Waals surface area (Å²) in [6, 6.07) is 4.10. The molecule has 1 aliphatic heterocycles. The van der Waals surface area contributed by atoms with E-state index < -0.39 is 5.60 Å². The molecule has 4 heteroatoms. The molecule has 2 heterocycles. The lowest BCUT2D eigenvalue weighted by molar-refractivity contribution is 0.0184. The van der Waals surface area contributed by atoms with Crippen molar-refractivity contribution in [3.8, 4) is 0 Å². The van der Waals surface area contributed by atoms with Crippen molar-refractivity contribution in [2.24, 2.45) is 5.92 Å². The highest BCUT2D eigenvalue weighted by Gasteiger charge is 2.26. The third kappa shape index (κ3) is 4.51. The maximum absolute atomic E-state index is 12.0. The molecular weight excluding hydrogens is 252 g/mol. The van der Waals surface area contributed by atoms with Crippen LogP contribution in [0.4, 0.5) is 4.79 Å². The Balaban J connectivity index is 1.79. The molecule has 0 aromatic carbocycles. The van der Waals surface area contributed by atoms with Gasteiger partial charge >= 0.3 is 6.09 Å². The number of nitrogens with zero attached hydrogens (tertiary/aromatic N) is 2. The van der Waals surface area contributed by atoms with Crippen molar-refractivity contribution in [1.82, 2.24) is 9.88 Å². The quantitative estimate of drug-likeness (QED) is 0.832. The van der Waals surface area contributed by atoms with Crippen molar-refractivity contribution in [1.29, 1.82) is 0 Å². The van der Waals surface area contributed by atoms with Gasteiger partial charge < -0.3 is 9.64 Å². The summed E-state index contributed by atoms with van der Waals surface area (Å²) in [5.74, 6) is 0.637. The number of ether oxygens (including phenoxy) is 1. The van der Waals surface area contributed by atoms with E-state index >= 15 is 0 Å². The maximum Gasteiger partial charge on any atom is 0.410 e. The van der Waals surface area contributed by atoms with E-state index in [0.29, 0.717) is 5.92 Å². The Hall–Kier alpha value is -1.58. The zero-order valence-corrected chi connectivity index (χ0v) is 12.6. The second-order valence-electron chi connectivity index (χ2n) is 6.48. The summed E-state index contributed by atoms with van der Waals surface area (Å²) >= 11 is 0. The van der Waals surface area contributed by atoms with Gasteiger partial charge in [0, 0.05) is 25.5 Å². The average molecular weight is 276 g/mol. The van der Waals surface area contributed by atoms with E-state index in [1.165, 1.54) is 5.56 Å². The molecular formula is C16H24N2O2. The lowest BCUT2D eigenvalue weighted by Gasteiger charge is -2.33. The normalized spacial score (nSPS) is 17.1. The summed E-state index contributed by atoms with van der Waals surface area (Å²) in [5, 5.41) is 0. The molecule has 0 aliphatic carbocycles. The minimum Gasteiger partial charge on any atom is -0.444 e. The van der Waals surface area contributed by atoms with Crippen LogP contribution in [0.1, 0.15) is 39.2 Å². The number of carbonyl (C=O) groups is 1. The van der Waals surface area contributed by atoms with Crippen molar-refractivity contribution < 1.29 is 9.53 Å². The van der Waals surface area contributed by atoms with Gasteiger partial charge in [-0.3, -0.25) is 4.98 Å². The molecule has 1 aromatic heterocycles. The van der Waals surface area contributed by atoms with Crippen LogP contribution in [-0.4, -0.2) is 34.7 Å². The predicted octanol–water partition coefficient (Wildman–Crippen LogP) is 3.27. The first-order valence-electron chi connectivity index (χ1n) is 7.31. The highest BCUT2D eigenvalue weighted by molar-refractivity contribution is 5.68. The molecule has 0 atom stereocenters. The molecule has 1 fully saturated rings. The minimum atomic E-state index is -0.413.